The van der Waals surface area contributed by atoms with Gasteiger partial charge in [0.25, 0.3) is 0 Å². The molecule has 0 aliphatic carbocycles. The summed E-state index contributed by atoms with van der Waals surface area (Å²) in [4.78, 5) is 9.09. The van der Waals surface area contributed by atoms with Gasteiger partial charge in [-0.05, 0) is 13.3 Å². The molecule has 0 bridgehead atoms. The lowest BCUT2D eigenvalue weighted by molar-refractivity contribution is -0.300. The largest absolute Gasteiger partial charge is 0.240 e. The molecule has 2 heteroatoms. The second-order valence-electron chi connectivity index (χ2n) is 1.48. The highest BCUT2D eigenvalue weighted by atomic mass is 17.2. The molecule has 0 heterocycles. The zero-order valence-electron chi connectivity index (χ0n) is 5.10. The molecule has 0 aliphatic rings. The summed E-state index contributed by atoms with van der Waals surface area (Å²) >= 11 is 0. The molecule has 0 saturated heterocycles. The minimum atomic E-state index is 0.227. The van der Waals surface area contributed by atoms with Crippen LogP contribution in [0.1, 0.15) is 20.3 Å². The summed E-state index contributed by atoms with van der Waals surface area (Å²) in [5.74, 6) is 0. The Bertz CT molecular complexity index is 37.1. The van der Waals surface area contributed by atoms with Crippen LogP contribution in [0.3, 0.4) is 0 Å². The Labute approximate surface area is 44.4 Å². The summed E-state index contributed by atoms with van der Waals surface area (Å²) in [5.41, 5.74) is 0. The molecule has 0 amide bonds. The van der Waals surface area contributed by atoms with E-state index in [0.29, 0.717) is 0 Å². The van der Waals surface area contributed by atoms with E-state index in [1.807, 2.05) is 13.8 Å². The summed E-state index contributed by atoms with van der Waals surface area (Å²) in [6.45, 7) is 4.01. The molecule has 0 aliphatic heterocycles. The molecule has 0 radical (unpaired) electrons. The third-order valence-corrected chi connectivity index (χ3v) is 0.835. The van der Waals surface area contributed by atoms with Gasteiger partial charge >= 0.3 is 0 Å². The summed E-state index contributed by atoms with van der Waals surface area (Å²) in [5, 5.41) is 0. The quantitative estimate of drug-likeness (QED) is 0.397. The number of hydrogen-bond donors (Lipinski definition) is 0. The fourth-order valence-corrected chi connectivity index (χ4v) is 0.232. The Kier molecular flexibility index (Phi) is 4.04. The zero-order valence-corrected chi connectivity index (χ0v) is 5.10. The Morgan fingerprint density at radius 3 is 2.29 bits per heavy atom. The second-order valence-corrected chi connectivity index (χ2v) is 1.48. The highest BCUT2D eigenvalue weighted by molar-refractivity contribution is 4.37. The molecule has 0 aromatic rings. The van der Waals surface area contributed by atoms with Crippen LogP contribution in [0.2, 0.25) is 0 Å². The first kappa shape index (κ1) is 6.92. The fraction of sp³-hybridized carbons (Fsp3) is 1.00. The van der Waals surface area contributed by atoms with E-state index in [2.05, 4.69) is 4.89 Å². The Balaban J connectivity index is 2.83. The summed E-state index contributed by atoms with van der Waals surface area (Å²) in [7, 11) is 1.52. The lowest BCUT2D eigenvalue weighted by atomic mass is 10.3. The number of rotatable bonds is 3. The van der Waals surface area contributed by atoms with Gasteiger partial charge in [0.05, 0.1) is 13.2 Å². The van der Waals surface area contributed by atoms with Crippen LogP contribution in [0.25, 0.3) is 0 Å². The van der Waals surface area contributed by atoms with E-state index in [4.69, 9.17) is 4.89 Å². The third kappa shape index (κ3) is 3.76. The van der Waals surface area contributed by atoms with Crippen molar-refractivity contribution in [2.24, 2.45) is 0 Å². The van der Waals surface area contributed by atoms with Crippen molar-refractivity contribution >= 4 is 0 Å². The lowest BCUT2D eigenvalue weighted by Gasteiger charge is -2.03. The van der Waals surface area contributed by atoms with Gasteiger partial charge in [-0.1, -0.05) is 6.92 Å². The van der Waals surface area contributed by atoms with Crippen LogP contribution in [0.15, 0.2) is 0 Å². The minimum absolute atomic E-state index is 0.227. The van der Waals surface area contributed by atoms with E-state index in [1.54, 1.807) is 0 Å². The lowest BCUT2D eigenvalue weighted by Crippen LogP contribution is -2.03. The maximum atomic E-state index is 4.69. The maximum Gasteiger partial charge on any atom is 0.0899 e. The van der Waals surface area contributed by atoms with Gasteiger partial charge in [-0.2, -0.15) is 0 Å². The average Bonchev–Trinajstić information content (AvgIpc) is 1.68. The zero-order chi connectivity index (χ0) is 5.70. The van der Waals surface area contributed by atoms with Crippen LogP contribution in [-0.2, 0) is 9.78 Å². The van der Waals surface area contributed by atoms with Crippen LogP contribution in [-0.4, -0.2) is 13.2 Å². The van der Waals surface area contributed by atoms with Gasteiger partial charge < -0.3 is 0 Å². The highest BCUT2D eigenvalue weighted by Crippen LogP contribution is 1.93. The van der Waals surface area contributed by atoms with Gasteiger partial charge in [0, 0.05) is 0 Å². The SMILES string of the molecule is CCC(C)OOC. The molecule has 7 heavy (non-hydrogen) atoms. The van der Waals surface area contributed by atoms with Gasteiger partial charge in [0.15, 0.2) is 0 Å². The van der Waals surface area contributed by atoms with Crippen LogP contribution < -0.4 is 0 Å². The van der Waals surface area contributed by atoms with Crippen LogP contribution in [0.5, 0.6) is 0 Å². The molecular formula is C5H12O2. The van der Waals surface area contributed by atoms with Crippen LogP contribution in [0.4, 0.5) is 0 Å². The van der Waals surface area contributed by atoms with Crippen LogP contribution in [0, 0.1) is 0 Å². The van der Waals surface area contributed by atoms with Gasteiger partial charge in [-0.25, -0.2) is 9.78 Å². The van der Waals surface area contributed by atoms with Crippen molar-refractivity contribution in [3.8, 4) is 0 Å². The predicted octanol–water partition coefficient (Wildman–Crippen LogP) is 1.36. The molecular weight excluding hydrogens is 92.1 g/mol. The first-order valence-corrected chi connectivity index (χ1v) is 2.50. The highest BCUT2D eigenvalue weighted by Gasteiger charge is 1.93. The van der Waals surface area contributed by atoms with Gasteiger partial charge in [0.1, 0.15) is 0 Å². The van der Waals surface area contributed by atoms with Crippen molar-refractivity contribution < 1.29 is 9.78 Å². The summed E-state index contributed by atoms with van der Waals surface area (Å²) in [6.07, 6.45) is 1.22. The molecule has 0 fully saturated rings. The van der Waals surface area contributed by atoms with Crippen LogP contribution >= 0.6 is 0 Å². The van der Waals surface area contributed by atoms with E-state index in [0.717, 1.165) is 6.42 Å². The second kappa shape index (κ2) is 4.09. The molecule has 1 atom stereocenters. The van der Waals surface area contributed by atoms with E-state index in [9.17, 15) is 0 Å². The Morgan fingerprint density at radius 2 is 2.14 bits per heavy atom. The summed E-state index contributed by atoms with van der Waals surface area (Å²) in [6, 6.07) is 0. The monoisotopic (exact) mass is 104 g/mol. The molecule has 1 unspecified atom stereocenters. The predicted molar refractivity (Wildman–Crippen MR) is 27.8 cm³/mol. The van der Waals surface area contributed by atoms with E-state index >= 15 is 0 Å². The molecule has 0 spiro atoms. The molecule has 44 valence electrons. The van der Waals surface area contributed by atoms with Crippen molar-refractivity contribution in [1.82, 2.24) is 0 Å². The first-order valence-electron chi connectivity index (χ1n) is 2.50. The molecule has 0 aromatic carbocycles. The molecule has 0 N–H and O–H groups in total. The van der Waals surface area contributed by atoms with Crippen molar-refractivity contribution in [3.05, 3.63) is 0 Å². The molecule has 0 saturated carbocycles. The van der Waals surface area contributed by atoms with Gasteiger partial charge in [-0.3, -0.25) is 0 Å². The average molecular weight is 104 g/mol. The third-order valence-electron chi connectivity index (χ3n) is 0.835. The van der Waals surface area contributed by atoms with Crippen molar-refractivity contribution in [2.45, 2.75) is 26.4 Å². The Hall–Kier alpha value is -0.0800. The summed E-state index contributed by atoms with van der Waals surface area (Å²) < 4.78 is 0. The standard InChI is InChI=1S/C5H12O2/c1-4-5(2)7-6-3/h5H,4H2,1-3H3. The minimum Gasteiger partial charge on any atom is -0.240 e. The number of hydrogen-bond acceptors (Lipinski definition) is 2. The fourth-order valence-electron chi connectivity index (χ4n) is 0.232. The van der Waals surface area contributed by atoms with Crippen molar-refractivity contribution in [2.75, 3.05) is 7.11 Å². The van der Waals surface area contributed by atoms with Gasteiger partial charge in [0.2, 0.25) is 0 Å². The topological polar surface area (TPSA) is 18.5 Å². The molecule has 0 aromatic heterocycles. The maximum absolute atomic E-state index is 4.69. The Morgan fingerprint density at radius 1 is 1.57 bits per heavy atom. The molecule has 2 nitrogen and oxygen atoms in total. The molecule has 0 rings (SSSR count). The smallest absolute Gasteiger partial charge is 0.0899 e. The first-order chi connectivity index (χ1) is 3.31. The van der Waals surface area contributed by atoms with E-state index in [1.165, 1.54) is 7.11 Å². The van der Waals surface area contributed by atoms with Gasteiger partial charge in [-0.15, -0.1) is 0 Å². The van der Waals surface area contributed by atoms with Crippen molar-refractivity contribution in [1.29, 1.82) is 0 Å². The van der Waals surface area contributed by atoms with E-state index in [-0.39, 0.29) is 6.10 Å². The van der Waals surface area contributed by atoms with E-state index < -0.39 is 0 Å². The normalized spacial score (nSPS) is 14.1. The van der Waals surface area contributed by atoms with Crippen molar-refractivity contribution in [3.63, 3.8) is 0 Å².